The number of hydrogen-bond donors (Lipinski definition) is 1. The third-order valence-corrected chi connectivity index (χ3v) is 3.38. The van der Waals surface area contributed by atoms with Gasteiger partial charge in [0.1, 0.15) is 0 Å². The Bertz CT molecular complexity index is 315. The van der Waals surface area contributed by atoms with Gasteiger partial charge < -0.3 is 10.6 Å². The maximum absolute atomic E-state index is 6.02. The van der Waals surface area contributed by atoms with Gasteiger partial charge in [0.2, 0.25) is 0 Å². The van der Waals surface area contributed by atoms with Gasteiger partial charge in [-0.25, -0.2) is 0 Å². The number of likely N-dealkylation sites (N-methyl/N-ethyl adjacent to an activating group) is 1. The monoisotopic (exact) mass is 284 g/mol. The summed E-state index contributed by atoms with van der Waals surface area (Å²) in [6.45, 7) is 4.07. The van der Waals surface area contributed by atoms with Crippen molar-refractivity contribution >= 4 is 15.9 Å². The van der Waals surface area contributed by atoms with Gasteiger partial charge in [0.05, 0.1) is 0 Å². The first kappa shape index (κ1) is 13.7. The van der Waals surface area contributed by atoms with E-state index in [0.717, 1.165) is 25.9 Å². The lowest BCUT2D eigenvalue weighted by Crippen LogP contribution is -2.34. The van der Waals surface area contributed by atoms with Gasteiger partial charge in [0, 0.05) is 23.6 Å². The molecule has 16 heavy (non-hydrogen) atoms. The van der Waals surface area contributed by atoms with Crippen LogP contribution in [0.25, 0.3) is 0 Å². The number of rotatable bonds is 6. The van der Waals surface area contributed by atoms with E-state index >= 15 is 0 Å². The largest absolute Gasteiger partial charge is 0.327 e. The van der Waals surface area contributed by atoms with Crippen LogP contribution >= 0.6 is 15.9 Å². The highest BCUT2D eigenvalue weighted by Crippen LogP contribution is 2.17. The average molecular weight is 285 g/mol. The molecule has 3 heteroatoms. The number of hydrogen-bond acceptors (Lipinski definition) is 2. The Kier molecular flexibility index (Phi) is 6.03. The highest BCUT2D eigenvalue weighted by atomic mass is 79.9. The third-order valence-electron chi connectivity index (χ3n) is 2.60. The summed E-state index contributed by atoms with van der Waals surface area (Å²) in [6.07, 6.45) is 2.25. The summed E-state index contributed by atoms with van der Waals surface area (Å²) < 4.78 is 1.17. The fraction of sp³-hybridized carbons (Fsp3) is 0.538. The van der Waals surface area contributed by atoms with Crippen molar-refractivity contribution in [1.82, 2.24) is 4.90 Å². The quantitative estimate of drug-likeness (QED) is 0.870. The average Bonchev–Trinajstić information content (AvgIpc) is 2.21. The molecule has 0 fully saturated rings. The summed E-state index contributed by atoms with van der Waals surface area (Å²) in [5.41, 5.74) is 7.34. The molecule has 2 N–H and O–H groups in total. The second-order valence-electron chi connectivity index (χ2n) is 4.34. The number of nitrogens with two attached hydrogens (primary N) is 1. The first-order valence-corrected chi connectivity index (χ1v) is 6.60. The number of halogens is 1. The minimum absolute atomic E-state index is 0.289. The highest BCUT2D eigenvalue weighted by Gasteiger charge is 2.07. The molecule has 1 aromatic carbocycles. The molecule has 0 radical (unpaired) electrons. The SMILES string of the molecule is CCCC(N)CN(C)Cc1ccccc1Br. The van der Waals surface area contributed by atoms with Crippen LogP contribution in [0.2, 0.25) is 0 Å². The van der Waals surface area contributed by atoms with Gasteiger partial charge in [-0.15, -0.1) is 0 Å². The molecular formula is C13H21BrN2. The molecule has 0 saturated heterocycles. The topological polar surface area (TPSA) is 29.3 Å². The van der Waals surface area contributed by atoms with E-state index in [0.29, 0.717) is 0 Å². The molecule has 0 heterocycles. The summed E-state index contributed by atoms with van der Waals surface area (Å²) in [5, 5.41) is 0. The smallest absolute Gasteiger partial charge is 0.0242 e. The second kappa shape index (κ2) is 7.05. The van der Waals surface area contributed by atoms with E-state index in [4.69, 9.17) is 5.73 Å². The van der Waals surface area contributed by atoms with Crippen molar-refractivity contribution in [2.45, 2.75) is 32.4 Å². The summed E-state index contributed by atoms with van der Waals surface area (Å²) >= 11 is 3.56. The Morgan fingerprint density at radius 3 is 2.69 bits per heavy atom. The molecule has 0 aliphatic heterocycles. The molecule has 0 spiro atoms. The van der Waals surface area contributed by atoms with Crippen LogP contribution < -0.4 is 5.73 Å². The van der Waals surface area contributed by atoms with E-state index in [-0.39, 0.29) is 6.04 Å². The molecule has 0 aliphatic rings. The maximum atomic E-state index is 6.02. The van der Waals surface area contributed by atoms with Crippen molar-refractivity contribution in [3.8, 4) is 0 Å². The van der Waals surface area contributed by atoms with Crippen molar-refractivity contribution in [1.29, 1.82) is 0 Å². The first-order valence-electron chi connectivity index (χ1n) is 5.81. The van der Waals surface area contributed by atoms with E-state index in [1.807, 2.05) is 6.07 Å². The van der Waals surface area contributed by atoms with Crippen LogP contribution in [0.15, 0.2) is 28.7 Å². The standard InChI is InChI=1S/C13H21BrN2/c1-3-6-12(15)10-16(2)9-11-7-4-5-8-13(11)14/h4-5,7-8,12H,3,6,9-10,15H2,1-2H3. The Morgan fingerprint density at radius 1 is 1.38 bits per heavy atom. The molecule has 0 bridgehead atoms. The summed E-state index contributed by atoms with van der Waals surface area (Å²) in [7, 11) is 2.12. The molecule has 1 atom stereocenters. The number of benzene rings is 1. The van der Waals surface area contributed by atoms with Crippen LogP contribution in [-0.4, -0.2) is 24.5 Å². The van der Waals surface area contributed by atoms with Gasteiger partial charge in [0.25, 0.3) is 0 Å². The van der Waals surface area contributed by atoms with Crippen LogP contribution in [-0.2, 0) is 6.54 Å². The lowest BCUT2D eigenvalue weighted by molar-refractivity contribution is 0.296. The van der Waals surface area contributed by atoms with Crippen LogP contribution in [0.3, 0.4) is 0 Å². The normalized spacial score (nSPS) is 13.1. The summed E-state index contributed by atoms with van der Waals surface area (Å²) in [6, 6.07) is 8.62. The Hall–Kier alpha value is -0.380. The minimum atomic E-state index is 0.289. The van der Waals surface area contributed by atoms with Gasteiger partial charge in [-0.1, -0.05) is 47.5 Å². The summed E-state index contributed by atoms with van der Waals surface area (Å²) in [4.78, 5) is 2.28. The van der Waals surface area contributed by atoms with Gasteiger partial charge in [-0.05, 0) is 25.1 Å². The van der Waals surface area contributed by atoms with Crippen molar-refractivity contribution in [3.63, 3.8) is 0 Å². The zero-order chi connectivity index (χ0) is 12.0. The first-order chi connectivity index (χ1) is 7.63. The molecule has 0 aromatic heterocycles. The zero-order valence-electron chi connectivity index (χ0n) is 10.1. The van der Waals surface area contributed by atoms with Crippen molar-refractivity contribution in [2.75, 3.05) is 13.6 Å². The van der Waals surface area contributed by atoms with E-state index in [9.17, 15) is 0 Å². The molecule has 1 unspecified atom stereocenters. The predicted octanol–water partition coefficient (Wildman–Crippen LogP) is 3.01. The van der Waals surface area contributed by atoms with Crippen LogP contribution in [0.1, 0.15) is 25.3 Å². The van der Waals surface area contributed by atoms with Crippen LogP contribution in [0, 0.1) is 0 Å². The second-order valence-corrected chi connectivity index (χ2v) is 5.19. The molecule has 1 aromatic rings. The third kappa shape index (κ3) is 4.64. The lowest BCUT2D eigenvalue weighted by atomic mass is 10.1. The summed E-state index contributed by atoms with van der Waals surface area (Å²) in [5.74, 6) is 0. The van der Waals surface area contributed by atoms with Gasteiger partial charge in [0.15, 0.2) is 0 Å². The molecule has 0 aliphatic carbocycles. The van der Waals surface area contributed by atoms with Crippen LogP contribution in [0.4, 0.5) is 0 Å². The lowest BCUT2D eigenvalue weighted by Gasteiger charge is -2.21. The van der Waals surface area contributed by atoms with E-state index in [1.165, 1.54) is 10.0 Å². The van der Waals surface area contributed by atoms with Crippen molar-refractivity contribution in [2.24, 2.45) is 5.73 Å². The molecule has 0 amide bonds. The zero-order valence-corrected chi connectivity index (χ0v) is 11.7. The molecule has 2 nitrogen and oxygen atoms in total. The van der Waals surface area contributed by atoms with E-state index in [1.54, 1.807) is 0 Å². The number of nitrogens with zero attached hydrogens (tertiary/aromatic N) is 1. The Morgan fingerprint density at radius 2 is 2.06 bits per heavy atom. The van der Waals surface area contributed by atoms with Crippen molar-refractivity contribution < 1.29 is 0 Å². The van der Waals surface area contributed by atoms with E-state index in [2.05, 4.69) is 53.0 Å². The Balaban J connectivity index is 2.45. The maximum Gasteiger partial charge on any atom is 0.0242 e. The van der Waals surface area contributed by atoms with E-state index < -0.39 is 0 Å². The fourth-order valence-corrected chi connectivity index (χ4v) is 2.25. The van der Waals surface area contributed by atoms with Gasteiger partial charge in [-0.2, -0.15) is 0 Å². The molecule has 90 valence electrons. The Labute approximate surface area is 107 Å². The van der Waals surface area contributed by atoms with Gasteiger partial charge in [-0.3, -0.25) is 0 Å². The molecular weight excluding hydrogens is 264 g/mol. The molecule has 1 rings (SSSR count). The van der Waals surface area contributed by atoms with Crippen molar-refractivity contribution in [3.05, 3.63) is 34.3 Å². The fourth-order valence-electron chi connectivity index (χ4n) is 1.84. The molecule has 0 saturated carbocycles. The minimum Gasteiger partial charge on any atom is -0.327 e. The predicted molar refractivity (Wildman–Crippen MR) is 73.4 cm³/mol. The van der Waals surface area contributed by atoms with Crippen LogP contribution in [0.5, 0.6) is 0 Å². The highest BCUT2D eigenvalue weighted by molar-refractivity contribution is 9.10. The van der Waals surface area contributed by atoms with Gasteiger partial charge >= 0.3 is 0 Å².